The standard InChI is InChI=1S/C17H23N3O/c1-14-8-11-20(12-9-14)17(21)19-13-16-6-3-2-5-15(16)7-4-10-18/h2-3,5-6,14H,8-13,18H2,1H3,(H,19,21). The second-order valence-electron chi connectivity index (χ2n) is 5.49. The van der Waals surface area contributed by atoms with Crippen LogP contribution >= 0.6 is 0 Å². The van der Waals surface area contributed by atoms with Gasteiger partial charge in [-0.2, -0.15) is 0 Å². The predicted octanol–water partition coefficient (Wildman–Crippen LogP) is 1.94. The molecule has 1 aliphatic rings. The lowest BCUT2D eigenvalue weighted by Crippen LogP contribution is -2.43. The van der Waals surface area contributed by atoms with Crippen molar-refractivity contribution in [3.8, 4) is 11.8 Å². The van der Waals surface area contributed by atoms with Crippen molar-refractivity contribution >= 4 is 6.03 Å². The van der Waals surface area contributed by atoms with E-state index in [4.69, 9.17) is 5.73 Å². The summed E-state index contributed by atoms with van der Waals surface area (Å²) < 4.78 is 0. The Morgan fingerprint density at radius 1 is 1.38 bits per heavy atom. The quantitative estimate of drug-likeness (QED) is 0.816. The van der Waals surface area contributed by atoms with E-state index in [1.807, 2.05) is 29.2 Å². The van der Waals surface area contributed by atoms with Crippen molar-refractivity contribution in [1.82, 2.24) is 10.2 Å². The Balaban J connectivity index is 1.92. The molecule has 0 unspecified atom stereocenters. The van der Waals surface area contributed by atoms with Gasteiger partial charge in [0.05, 0.1) is 6.54 Å². The largest absolute Gasteiger partial charge is 0.334 e. The van der Waals surface area contributed by atoms with Gasteiger partial charge in [0.1, 0.15) is 0 Å². The van der Waals surface area contributed by atoms with Gasteiger partial charge in [0.25, 0.3) is 0 Å². The molecule has 0 aromatic heterocycles. The number of amides is 2. The average molecular weight is 285 g/mol. The maximum atomic E-state index is 12.2. The van der Waals surface area contributed by atoms with Crippen molar-refractivity contribution in [2.75, 3.05) is 19.6 Å². The molecule has 0 bridgehead atoms. The number of carbonyl (C=O) groups is 1. The molecule has 2 rings (SSSR count). The molecule has 2 amide bonds. The Labute approximate surface area is 126 Å². The average Bonchev–Trinajstić information content (AvgIpc) is 2.52. The minimum absolute atomic E-state index is 0.0171. The van der Waals surface area contributed by atoms with Crippen molar-refractivity contribution < 1.29 is 4.79 Å². The number of urea groups is 1. The van der Waals surface area contributed by atoms with Gasteiger partial charge in [-0.1, -0.05) is 37.0 Å². The van der Waals surface area contributed by atoms with Crippen molar-refractivity contribution in [3.05, 3.63) is 35.4 Å². The first-order chi connectivity index (χ1) is 10.2. The number of piperidine rings is 1. The highest BCUT2D eigenvalue weighted by molar-refractivity contribution is 5.74. The Kier molecular flexibility index (Phi) is 5.65. The van der Waals surface area contributed by atoms with Crippen LogP contribution in [0.15, 0.2) is 24.3 Å². The number of nitrogens with two attached hydrogens (primary N) is 1. The van der Waals surface area contributed by atoms with Gasteiger partial charge in [-0.05, 0) is 30.4 Å². The third-order valence-corrected chi connectivity index (χ3v) is 3.84. The second-order valence-corrected chi connectivity index (χ2v) is 5.49. The SMILES string of the molecule is CC1CCN(C(=O)NCc2ccccc2C#CCN)CC1. The third-order valence-electron chi connectivity index (χ3n) is 3.84. The van der Waals surface area contributed by atoms with Gasteiger partial charge in [0.15, 0.2) is 0 Å². The van der Waals surface area contributed by atoms with Crippen LogP contribution in [0.5, 0.6) is 0 Å². The first kappa shape index (κ1) is 15.4. The highest BCUT2D eigenvalue weighted by Crippen LogP contribution is 2.16. The highest BCUT2D eigenvalue weighted by atomic mass is 16.2. The molecule has 1 fully saturated rings. The van der Waals surface area contributed by atoms with Crippen LogP contribution in [0.4, 0.5) is 4.79 Å². The van der Waals surface area contributed by atoms with E-state index in [9.17, 15) is 4.79 Å². The Morgan fingerprint density at radius 3 is 2.81 bits per heavy atom. The van der Waals surface area contributed by atoms with Crippen LogP contribution in [0.1, 0.15) is 30.9 Å². The smallest absolute Gasteiger partial charge is 0.317 e. The van der Waals surface area contributed by atoms with E-state index in [0.717, 1.165) is 43.0 Å². The van der Waals surface area contributed by atoms with Gasteiger partial charge < -0.3 is 16.0 Å². The summed E-state index contributed by atoms with van der Waals surface area (Å²) in [7, 11) is 0. The predicted molar refractivity (Wildman–Crippen MR) is 84.6 cm³/mol. The Morgan fingerprint density at radius 2 is 2.10 bits per heavy atom. The number of carbonyl (C=O) groups excluding carboxylic acids is 1. The monoisotopic (exact) mass is 285 g/mol. The first-order valence-corrected chi connectivity index (χ1v) is 7.50. The summed E-state index contributed by atoms with van der Waals surface area (Å²) >= 11 is 0. The van der Waals surface area contributed by atoms with Gasteiger partial charge in [0.2, 0.25) is 0 Å². The van der Waals surface area contributed by atoms with Crippen LogP contribution in [0.25, 0.3) is 0 Å². The summed E-state index contributed by atoms with van der Waals surface area (Å²) in [6.45, 7) is 4.78. The van der Waals surface area contributed by atoms with Gasteiger partial charge in [-0.3, -0.25) is 0 Å². The Hall–Kier alpha value is -1.99. The van der Waals surface area contributed by atoms with E-state index in [1.54, 1.807) is 0 Å². The van der Waals surface area contributed by atoms with Crippen molar-refractivity contribution in [1.29, 1.82) is 0 Å². The summed E-state index contributed by atoms with van der Waals surface area (Å²) in [5.41, 5.74) is 7.36. The molecule has 0 atom stereocenters. The summed E-state index contributed by atoms with van der Waals surface area (Å²) in [4.78, 5) is 14.1. The molecule has 1 saturated heterocycles. The summed E-state index contributed by atoms with van der Waals surface area (Å²) in [5.74, 6) is 6.62. The van der Waals surface area contributed by atoms with E-state index < -0.39 is 0 Å². The zero-order valence-corrected chi connectivity index (χ0v) is 12.6. The molecule has 21 heavy (non-hydrogen) atoms. The normalized spacial score (nSPS) is 15.2. The molecule has 4 nitrogen and oxygen atoms in total. The fourth-order valence-electron chi connectivity index (χ4n) is 2.44. The zero-order valence-electron chi connectivity index (χ0n) is 12.6. The molecule has 1 heterocycles. The van der Waals surface area contributed by atoms with Gasteiger partial charge >= 0.3 is 6.03 Å². The zero-order chi connectivity index (χ0) is 15.1. The topological polar surface area (TPSA) is 58.4 Å². The first-order valence-electron chi connectivity index (χ1n) is 7.50. The second kappa shape index (κ2) is 7.70. The van der Waals surface area contributed by atoms with Crippen molar-refractivity contribution in [2.24, 2.45) is 11.7 Å². The molecule has 1 aromatic rings. The number of likely N-dealkylation sites (tertiary alicyclic amines) is 1. The molecule has 1 aliphatic heterocycles. The van der Waals surface area contributed by atoms with E-state index in [-0.39, 0.29) is 6.03 Å². The number of benzene rings is 1. The number of nitrogens with one attached hydrogen (secondary N) is 1. The van der Waals surface area contributed by atoms with Crippen LogP contribution < -0.4 is 11.1 Å². The molecule has 0 radical (unpaired) electrons. The minimum atomic E-state index is 0.0171. The summed E-state index contributed by atoms with van der Waals surface area (Å²) in [6.07, 6.45) is 2.18. The van der Waals surface area contributed by atoms with Crippen LogP contribution in [0.3, 0.4) is 0 Å². The lowest BCUT2D eigenvalue weighted by Gasteiger charge is -2.30. The van der Waals surface area contributed by atoms with E-state index >= 15 is 0 Å². The maximum absolute atomic E-state index is 12.2. The molecule has 0 aliphatic carbocycles. The molecule has 4 heteroatoms. The van der Waals surface area contributed by atoms with Gasteiger partial charge in [0, 0.05) is 25.2 Å². The molecule has 112 valence electrons. The number of hydrogen-bond donors (Lipinski definition) is 2. The fraction of sp³-hybridized carbons (Fsp3) is 0.471. The number of hydrogen-bond acceptors (Lipinski definition) is 2. The van der Waals surface area contributed by atoms with E-state index in [0.29, 0.717) is 13.1 Å². The molecule has 0 saturated carbocycles. The van der Waals surface area contributed by atoms with Gasteiger partial charge in [-0.15, -0.1) is 0 Å². The fourth-order valence-corrected chi connectivity index (χ4v) is 2.44. The molecular weight excluding hydrogens is 262 g/mol. The molecular formula is C17H23N3O. The molecule has 0 spiro atoms. The molecule has 3 N–H and O–H groups in total. The number of nitrogens with zero attached hydrogens (tertiary/aromatic N) is 1. The van der Waals surface area contributed by atoms with Crippen molar-refractivity contribution in [3.63, 3.8) is 0 Å². The maximum Gasteiger partial charge on any atom is 0.317 e. The van der Waals surface area contributed by atoms with Crippen LogP contribution in [0.2, 0.25) is 0 Å². The highest BCUT2D eigenvalue weighted by Gasteiger charge is 2.19. The minimum Gasteiger partial charge on any atom is -0.334 e. The lowest BCUT2D eigenvalue weighted by molar-refractivity contribution is 0.173. The third kappa shape index (κ3) is 4.51. The summed E-state index contributed by atoms with van der Waals surface area (Å²) in [6, 6.07) is 7.85. The van der Waals surface area contributed by atoms with E-state index in [2.05, 4.69) is 24.1 Å². The van der Waals surface area contributed by atoms with E-state index in [1.165, 1.54) is 0 Å². The van der Waals surface area contributed by atoms with Crippen LogP contribution in [0, 0.1) is 17.8 Å². The Bertz CT molecular complexity index is 536. The summed E-state index contributed by atoms with van der Waals surface area (Å²) in [5, 5.41) is 2.99. The number of rotatable bonds is 2. The van der Waals surface area contributed by atoms with Crippen LogP contribution in [-0.2, 0) is 6.54 Å². The van der Waals surface area contributed by atoms with Gasteiger partial charge in [-0.25, -0.2) is 4.79 Å². The lowest BCUT2D eigenvalue weighted by atomic mass is 10.00. The molecule has 1 aromatic carbocycles. The van der Waals surface area contributed by atoms with Crippen LogP contribution in [-0.4, -0.2) is 30.6 Å². The van der Waals surface area contributed by atoms with Crippen molar-refractivity contribution in [2.45, 2.75) is 26.3 Å².